The van der Waals surface area contributed by atoms with E-state index in [9.17, 15) is 5.11 Å². The van der Waals surface area contributed by atoms with Crippen molar-refractivity contribution < 1.29 is 9.52 Å². The lowest BCUT2D eigenvalue weighted by Crippen LogP contribution is -2.44. The van der Waals surface area contributed by atoms with Crippen LogP contribution in [-0.2, 0) is 12.1 Å². The zero-order chi connectivity index (χ0) is 19.4. The van der Waals surface area contributed by atoms with Gasteiger partial charge in [0.05, 0.1) is 18.8 Å². The van der Waals surface area contributed by atoms with E-state index in [1.165, 1.54) is 0 Å². The number of aliphatic imine (C=N–C) groups is 1. The monoisotopic (exact) mass is 369 g/mol. The molecule has 144 valence electrons. The standard InChI is InChI=1S/C20H27N5O2/c1-5-21-19(23-13-20(4,26)17-10-9-15(3)27-17)22-11-16-12-25-14(2)7-6-8-18(25)24-16/h6-10,12,26H,5,11,13H2,1-4H3,(H2,21,22,23). The summed E-state index contributed by atoms with van der Waals surface area (Å²) in [5, 5.41) is 17.0. The van der Waals surface area contributed by atoms with E-state index in [2.05, 4.69) is 25.0 Å². The van der Waals surface area contributed by atoms with E-state index in [1.807, 2.05) is 51.2 Å². The molecule has 0 aliphatic carbocycles. The number of rotatable bonds is 6. The number of hydrogen-bond donors (Lipinski definition) is 3. The number of imidazole rings is 1. The Bertz CT molecular complexity index is 939. The molecule has 3 aromatic rings. The molecule has 0 aliphatic rings. The van der Waals surface area contributed by atoms with Gasteiger partial charge in [-0.2, -0.15) is 0 Å². The maximum atomic E-state index is 10.7. The number of aliphatic hydroxyl groups is 1. The fourth-order valence-electron chi connectivity index (χ4n) is 2.84. The number of nitrogens with one attached hydrogen (secondary N) is 2. The molecule has 3 heterocycles. The lowest BCUT2D eigenvalue weighted by atomic mass is 10.0. The van der Waals surface area contributed by atoms with E-state index < -0.39 is 5.60 Å². The fraction of sp³-hybridized carbons (Fsp3) is 0.400. The molecule has 0 fully saturated rings. The van der Waals surface area contributed by atoms with Crippen molar-refractivity contribution in [2.75, 3.05) is 13.1 Å². The third-order valence-electron chi connectivity index (χ3n) is 4.36. The van der Waals surface area contributed by atoms with Crippen molar-refractivity contribution in [1.29, 1.82) is 0 Å². The van der Waals surface area contributed by atoms with Gasteiger partial charge in [0.15, 0.2) is 5.96 Å². The van der Waals surface area contributed by atoms with Crippen LogP contribution >= 0.6 is 0 Å². The predicted octanol–water partition coefficient (Wildman–Crippen LogP) is 2.51. The molecule has 0 amide bonds. The van der Waals surface area contributed by atoms with Crippen molar-refractivity contribution in [2.24, 2.45) is 4.99 Å². The van der Waals surface area contributed by atoms with E-state index in [0.717, 1.165) is 29.3 Å². The highest BCUT2D eigenvalue weighted by molar-refractivity contribution is 5.79. The first-order valence-corrected chi connectivity index (χ1v) is 9.14. The average Bonchev–Trinajstić information content (AvgIpc) is 3.25. The minimum atomic E-state index is -1.13. The van der Waals surface area contributed by atoms with E-state index in [-0.39, 0.29) is 6.54 Å². The van der Waals surface area contributed by atoms with Crippen LogP contribution in [0.2, 0.25) is 0 Å². The number of pyridine rings is 1. The summed E-state index contributed by atoms with van der Waals surface area (Å²) in [5.74, 6) is 1.92. The van der Waals surface area contributed by atoms with Gasteiger partial charge in [0, 0.05) is 18.4 Å². The predicted molar refractivity (Wildman–Crippen MR) is 106 cm³/mol. The van der Waals surface area contributed by atoms with Gasteiger partial charge < -0.3 is 24.6 Å². The van der Waals surface area contributed by atoms with E-state index in [4.69, 9.17) is 4.42 Å². The molecule has 3 rings (SSSR count). The Morgan fingerprint density at radius 1 is 1.26 bits per heavy atom. The normalized spacial score (nSPS) is 14.3. The second kappa shape index (κ2) is 7.84. The highest BCUT2D eigenvalue weighted by Crippen LogP contribution is 2.21. The van der Waals surface area contributed by atoms with Crippen molar-refractivity contribution >= 4 is 11.6 Å². The van der Waals surface area contributed by atoms with Gasteiger partial charge in [0.25, 0.3) is 0 Å². The molecule has 7 nitrogen and oxygen atoms in total. The molecule has 0 saturated carbocycles. The Morgan fingerprint density at radius 2 is 2.07 bits per heavy atom. The van der Waals surface area contributed by atoms with E-state index in [0.29, 0.717) is 18.3 Å². The highest BCUT2D eigenvalue weighted by Gasteiger charge is 2.27. The maximum Gasteiger partial charge on any atom is 0.191 e. The second-order valence-electron chi connectivity index (χ2n) is 6.86. The van der Waals surface area contributed by atoms with Gasteiger partial charge >= 0.3 is 0 Å². The molecule has 27 heavy (non-hydrogen) atoms. The largest absolute Gasteiger partial charge is 0.463 e. The number of fused-ring (bicyclic) bond motifs is 1. The average molecular weight is 369 g/mol. The molecule has 0 bridgehead atoms. The fourth-order valence-corrected chi connectivity index (χ4v) is 2.84. The Labute approximate surface area is 159 Å². The van der Waals surface area contributed by atoms with Crippen LogP contribution in [0, 0.1) is 13.8 Å². The summed E-state index contributed by atoms with van der Waals surface area (Å²) in [6, 6.07) is 9.65. The maximum absolute atomic E-state index is 10.7. The number of nitrogens with zero attached hydrogens (tertiary/aromatic N) is 3. The molecule has 1 atom stereocenters. The van der Waals surface area contributed by atoms with Crippen LogP contribution in [0.3, 0.4) is 0 Å². The van der Waals surface area contributed by atoms with Crippen molar-refractivity contribution in [2.45, 2.75) is 39.8 Å². The molecule has 7 heteroatoms. The Hall–Kier alpha value is -2.80. The van der Waals surface area contributed by atoms with Crippen LogP contribution in [0.4, 0.5) is 0 Å². The number of furan rings is 1. The summed E-state index contributed by atoms with van der Waals surface area (Å²) in [4.78, 5) is 9.19. The number of hydrogen-bond acceptors (Lipinski definition) is 4. The quantitative estimate of drug-likeness (QED) is 0.459. The zero-order valence-corrected chi connectivity index (χ0v) is 16.3. The molecule has 0 saturated heterocycles. The number of guanidine groups is 1. The molecular formula is C20H27N5O2. The summed E-state index contributed by atoms with van der Waals surface area (Å²) in [5.41, 5.74) is 1.79. The first-order valence-electron chi connectivity index (χ1n) is 9.14. The first kappa shape index (κ1) is 19.0. The summed E-state index contributed by atoms with van der Waals surface area (Å²) in [6.45, 7) is 9.06. The highest BCUT2D eigenvalue weighted by atomic mass is 16.4. The molecule has 0 radical (unpaired) electrons. The Balaban J connectivity index is 1.69. The number of aromatic nitrogens is 2. The van der Waals surface area contributed by atoms with Crippen LogP contribution in [0.15, 0.2) is 45.9 Å². The number of aryl methyl sites for hydroxylation is 2. The van der Waals surface area contributed by atoms with Crippen LogP contribution in [-0.4, -0.2) is 33.5 Å². The van der Waals surface area contributed by atoms with Gasteiger partial charge in [0.2, 0.25) is 0 Å². The zero-order valence-electron chi connectivity index (χ0n) is 16.3. The molecule has 3 aromatic heterocycles. The molecule has 1 unspecified atom stereocenters. The summed E-state index contributed by atoms with van der Waals surface area (Å²) >= 11 is 0. The topological polar surface area (TPSA) is 87.1 Å². The van der Waals surface area contributed by atoms with E-state index >= 15 is 0 Å². The Morgan fingerprint density at radius 3 is 2.74 bits per heavy atom. The van der Waals surface area contributed by atoms with Gasteiger partial charge in [-0.1, -0.05) is 6.07 Å². The lowest BCUT2D eigenvalue weighted by molar-refractivity contribution is 0.0378. The van der Waals surface area contributed by atoms with Gasteiger partial charge in [0.1, 0.15) is 22.8 Å². The van der Waals surface area contributed by atoms with Gasteiger partial charge in [-0.25, -0.2) is 9.98 Å². The molecule has 0 aliphatic heterocycles. The smallest absolute Gasteiger partial charge is 0.191 e. The van der Waals surface area contributed by atoms with Gasteiger partial charge in [-0.15, -0.1) is 0 Å². The minimum absolute atomic E-state index is 0.274. The minimum Gasteiger partial charge on any atom is -0.463 e. The van der Waals surface area contributed by atoms with Crippen LogP contribution < -0.4 is 10.6 Å². The second-order valence-corrected chi connectivity index (χ2v) is 6.86. The molecular weight excluding hydrogens is 342 g/mol. The van der Waals surface area contributed by atoms with Crippen LogP contribution in [0.25, 0.3) is 5.65 Å². The van der Waals surface area contributed by atoms with Crippen molar-refractivity contribution in [3.8, 4) is 0 Å². The third kappa shape index (κ3) is 4.49. The van der Waals surface area contributed by atoms with Gasteiger partial charge in [-0.3, -0.25) is 0 Å². The molecule has 0 spiro atoms. The van der Waals surface area contributed by atoms with Crippen LogP contribution in [0.1, 0.15) is 36.8 Å². The van der Waals surface area contributed by atoms with Crippen molar-refractivity contribution in [1.82, 2.24) is 20.0 Å². The SMILES string of the molecule is CCNC(=NCc1cn2c(C)cccc2n1)NCC(C)(O)c1ccc(C)o1. The van der Waals surface area contributed by atoms with Crippen molar-refractivity contribution in [3.05, 3.63) is 59.4 Å². The summed E-state index contributed by atoms with van der Waals surface area (Å²) < 4.78 is 7.60. The summed E-state index contributed by atoms with van der Waals surface area (Å²) in [7, 11) is 0. The van der Waals surface area contributed by atoms with Crippen molar-refractivity contribution in [3.63, 3.8) is 0 Å². The molecule has 3 N–H and O–H groups in total. The van der Waals surface area contributed by atoms with Gasteiger partial charge in [-0.05, 0) is 52.0 Å². The summed E-state index contributed by atoms with van der Waals surface area (Å²) in [6.07, 6.45) is 2.00. The Kier molecular flexibility index (Phi) is 5.51. The first-order chi connectivity index (χ1) is 12.9. The van der Waals surface area contributed by atoms with E-state index in [1.54, 1.807) is 13.0 Å². The lowest BCUT2D eigenvalue weighted by Gasteiger charge is -2.22. The third-order valence-corrected chi connectivity index (χ3v) is 4.36. The van der Waals surface area contributed by atoms with Crippen LogP contribution in [0.5, 0.6) is 0 Å². The molecule has 0 aromatic carbocycles.